The minimum Gasteiger partial charge on any atom is -0.357 e. The fourth-order valence-electron chi connectivity index (χ4n) is 2.84. The summed E-state index contributed by atoms with van der Waals surface area (Å²) in [6.07, 6.45) is 2.72. The molecule has 0 amide bonds. The third-order valence-electron chi connectivity index (χ3n) is 4.18. The van der Waals surface area contributed by atoms with Crippen molar-refractivity contribution in [2.45, 2.75) is 47.1 Å². The van der Waals surface area contributed by atoms with Gasteiger partial charge in [-0.3, -0.25) is 0 Å². The summed E-state index contributed by atoms with van der Waals surface area (Å²) in [5, 5.41) is 7.89. The van der Waals surface area contributed by atoms with Crippen LogP contribution in [0.2, 0.25) is 0 Å². The van der Waals surface area contributed by atoms with Gasteiger partial charge in [0.15, 0.2) is 5.96 Å². The van der Waals surface area contributed by atoms with E-state index in [1.54, 1.807) is 11.3 Å². The van der Waals surface area contributed by atoms with Gasteiger partial charge in [-0.25, -0.2) is 9.98 Å². The van der Waals surface area contributed by atoms with Crippen molar-refractivity contribution >= 4 is 17.3 Å². The lowest BCUT2D eigenvalue weighted by Gasteiger charge is -2.21. The molecule has 1 aliphatic heterocycles. The van der Waals surface area contributed by atoms with E-state index >= 15 is 0 Å². The maximum Gasteiger partial charge on any atom is 0.191 e. The van der Waals surface area contributed by atoms with Crippen LogP contribution in [0.1, 0.15) is 42.3 Å². The van der Waals surface area contributed by atoms with Crippen LogP contribution in [0.15, 0.2) is 4.99 Å². The minimum atomic E-state index is 0.626. The highest BCUT2D eigenvalue weighted by atomic mass is 32.1. The maximum atomic E-state index is 4.67. The summed E-state index contributed by atoms with van der Waals surface area (Å²) in [5.41, 5.74) is 1.12. The highest BCUT2D eigenvalue weighted by Crippen LogP contribution is 2.17. The van der Waals surface area contributed by atoms with Crippen LogP contribution in [0, 0.1) is 19.8 Å². The topological polar surface area (TPSA) is 52.6 Å². The van der Waals surface area contributed by atoms with Gasteiger partial charge in [-0.15, -0.1) is 11.3 Å². The summed E-state index contributed by atoms with van der Waals surface area (Å²) < 4.78 is 0. The van der Waals surface area contributed by atoms with Crippen molar-refractivity contribution in [1.29, 1.82) is 0 Å². The summed E-state index contributed by atoms with van der Waals surface area (Å²) in [5.74, 6) is 1.52. The highest BCUT2D eigenvalue weighted by Gasteiger charge is 2.14. The second-order valence-electron chi connectivity index (χ2n) is 6.44. The number of hydrogen-bond donors (Lipinski definition) is 2. The van der Waals surface area contributed by atoms with E-state index in [-0.39, 0.29) is 0 Å². The molecule has 0 aromatic carbocycles. The Morgan fingerprint density at radius 2 is 2.04 bits per heavy atom. The Kier molecular flexibility index (Phi) is 7.30. The zero-order valence-electron chi connectivity index (χ0n) is 15.0. The Morgan fingerprint density at radius 3 is 2.65 bits per heavy atom. The maximum absolute atomic E-state index is 4.67. The summed E-state index contributed by atoms with van der Waals surface area (Å²) in [6, 6.07) is 0. The van der Waals surface area contributed by atoms with E-state index in [9.17, 15) is 0 Å². The Balaban J connectivity index is 1.80. The number of nitrogens with one attached hydrogen (secondary N) is 2. The normalized spacial score (nSPS) is 17.5. The van der Waals surface area contributed by atoms with Gasteiger partial charge in [-0.2, -0.15) is 0 Å². The van der Waals surface area contributed by atoms with E-state index in [0.717, 1.165) is 29.8 Å². The lowest BCUT2D eigenvalue weighted by Crippen LogP contribution is -2.41. The number of aryl methyl sites for hydroxylation is 2. The van der Waals surface area contributed by atoms with E-state index in [2.05, 4.69) is 53.2 Å². The van der Waals surface area contributed by atoms with Gasteiger partial charge in [0.1, 0.15) is 5.01 Å². The predicted molar refractivity (Wildman–Crippen MR) is 99.2 cm³/mol. The molecule has 23 heavy (non-hydrogen) atoms. The number of aromatic nitrogens is 1. The summed E-state index contributed by atoms with van der Waals surface area (Å²) in [7, 11) is 0. The monoisotopic (exact) mass is 337 g/mol. The second-order valence-corrected chi connectivity index (χ2v) is 7.73. The van der Waals surface area contributed by atoms with Gasteiger partial charge in [0, 0.05) is 24.5 Å². The average Bonchev–Trinajstić information content (AvgIpc) is 3.12. The largest absolute Gasteiger partial charge is 0.357 e. The molecule has 1 fully saturated rings. The molecule has 1 atom stereocenters. The molecule has 0 aliphatic carbocycles. The number of guanidine groups is 1. The average molecular weight is 338 g/mol. The SMILES string of the molecule is CCNC(=NCc1nc(C)c(C)s1)NCC(C)CN1CCCC1. The third kappa shape index (κ3) is 6.11. The lowest BCUT2D eigenvalue weighted by molar-refractivity contribution is 0.287. The number of aliphatic imine (C=N–C) groups is 1. The molecule has 1 aromatic rings. The molecule has 5 nitrogen and oxygen atoms in total. The van der Waals surface area contributed by atoms with Crippen LogP contribution in [-0.4, -0.2) is 48.6 Å². The molecule has 1 aromatic heterocycles. The minimum absolute atomic E-state index is 0.626. The van der Waals surface area contributed by atoms with E-state index in [0.29, 0.717) is 12.5 Å². The fourth-order valence-corrected chi connectivity index (χ4v) is 3.70. The fraction of sp³-hybridized carbons (Fsp3) is 0.765. The number of likely N-dealkylation sites (tertiary alicyclic amines) is 1. The molecule has 6 heteroatoms. The molecular formula is C17H31N5S. The van der Waals surface area contributed by atoms with Crippen molar-refractivity contribution in [2.75, 3.05) is 32.7 Å². The molecule has 1 saturated heterocycles. The first-order valence-corrected chi connectivity index (χ1v) is 9.57. The van der Waals surface area contributed by atoms with Gasteiger partial charge in [0.05, 0.1) is 12.2 Å². The molecule has 130 valence electrons. The predicted octanol–water partition coefficient (Wildman–Crippen LogP) is 2.55. The Hall–Kier alpha value is -1.14. The zero-order chi connectivity index (χ0) is 16.7. The molecule has 2 heterocycles. The highest BCUT2D eigenvalue weighted by molar-refractivity contribution is 7.11. The van der Waals surface area contributed by atoms with Gasteiger partial charge in [0.25, 0.3) is 0 Å². The van der Waals surface area contributed by atoms with Crippen LogP contribution >= 0.6 is 11.3 Å². The summed E-state index contributed by atoms with van der Waals surface area (Å²) >= 11 is 1.74. The number of nitrogens with zero attached hydrogens (tertiary/aromatic N) is 3. The lowest BCUT2D eigenvalue weighted by atomic mass is 10.1. The van der Waals surface area contributed by atoms with Gasteiger partial charge in [-0.05, 0) is 52.6 Å². The van der Waals surface area contributed by atoms with Crippen LogP contribution in [-0.2, 0) is 6.54 Å². The Morgan fingerprint density at radius 1 is 1.30 bits per heavy atom. The standard InChI is InChI=1S/C17H31N5S/c1-5-18-17(20-11-16-21-14(3)15(4)23-16)19-10-13(2)12-22-8-6-7-9-22/h13H,5-12H2,1-4H3,(H2,18,19,20). The van der Waals surface area contributed by atoms with Crippen LogP contribution < -0.4 is 10.6 Å². The Labute approximate surface area is 144 Å². The number of thiazole rings is 1. The van der Waals surface area contributed by atoms with Gasteiger partial charge in [0.2, 0.25) is 0 Å². The number of hydrogen-bond acceptors (Lipinski definition) is 4. The van der Waals surface area contributed by atoms with Crippen molar-refractivity contribution in [3.63, 3.8) is 0 Å². The first-order valence-electron chi connectivity index (χ1n) is 8.76. The first kappa shape index (κ1) is 18.2. The molecule has 0 spiro atoms. The van der Waals surface area contributed by atoms with Crippen molar-refractivity contribution < 1.29 is 0 Å². The van der Waals surface area contributed by atoms with Gasteiger partial charge >= 0.3 is 0 Å². The quantitative estimate of drug-likeness (QED) is 0.593. The van der Waals surface area contributed by atoms with Gasteiger partial charge < -0.3 is 15.5 Å². The van der Waals surface area contributed by atoms with Crippen LogP contribution in [0.5, 0.6) is 0 Å². The van der Waals surface area contributed by atoms with Gasteiger partial charge in [-0.1, -0.05) is 6.92 Å². The van der Waals surface area contributed by atoms with Crippen LogP contribution in [0.3, 0.4) is 0 Å². The van der Waals surface area contributed by atoms with E-state index in [1.165, 1.54) is 37.4 Å². The summed E-state index contributed by atoms with van der Waals surface area (Å²) in [4.78, 5) is 13.1. The zero-order valence-corrected chi connectivity index (χ0v) is 15.8. The van der Waals surface area contributed by atoms with E-state index in [4.69, 9.17) is 0 Å². The number of rotatable bonds is 7. The first-order chi connectivity index (χ1) is 11.1. The van der Waals surface area contributed by atoms with Crippen LogP contribution in [0.4, 0.5) is 0 Å². The molecule has 2 rings (SSSR count). The van der Waals surface area contributed by atoms with Crippen molar-refractivity contribution in [3.8, 4) is 0 Å². The van der Waals surface area contributed by atoms with E-state index in [1.807, 2.05) is 0 Å². The van der Waals surface area contributed by atoms with Crippen molar-refractivity contribution in [1.82, 2.24) is 20.5 Å². The summed E-state index contributed by atoms with van der Waals surface area (Å²) in [6.45, 7) is 14.8. The van der Waals surface area contributed by atoms with Crippen molar-refractivity contribution in [2.24, 2.45) is 10.9 Å². The molecule has 0 radical (unpaired) electrons. The van der Waals surface area contributed by atoms with Crippen LogP contribution in [0.25, 0.3) is 0 Å². The smallest absolute Gasteiger partial charge is 0.191 e. The molecule has 2 N–H and O–H groups in total. The molecular weight excluding hydrogens is 306 g/mol. The Bertz CT molecular complexity index is 486. The second kappa shape index (κ2) is 9.23. The van der Waals surface area contributed by atoms with Crippen molar-refractivity contribution in [3.05, 3.63) is 15.6 Å². The molecule has 0 bridgehead atoms. The molecule has 0 saturated carbocycles. The van der Waals surface area contributed by atoms with E-state index < -0.39 is 0 Å². The third-order valence-corrected chi connectivity index (χ3v) is 5.23. The molecule has 1 aliphatic rings. The molecule has 1 unspecified atom stereocenters.